The molecule has 0 aliphatic rings. The fourth-order valence-corrected chi connectivity index (χ4v) is 1.91. The van der Waals surface area contributed by atoms with Crippen molar-refractivity contribution >= 4 is 22.6 Å². The van der Waals surface area contributed by atoms with Gasteiger partial charge in [-0.25, -0.2) is 4.98 Å². The molecule has 18 heavy (non-hydrogen) atoms. The van der Waals surface area contributed by atoms with Crippen LogP contribution in [0.4, 0.5) is 0 Å². The molecule has 86 valence electrons. The van der Waals surface area contributed by atoms with Gasteiger partial charge < -0.3 is 0 Å². The number of nitrogens with zero attached hydrogens (tertiary/aromatic N) is 5. The molecule has 3 aromatic heterocycles. The van der Waals surface area contributed by atoms with Crippen LogP contribution in [-0.4, -0.2) is 19.5 Å². The van der Waals surface area contributed by atoms with Crippen molar-refractivity contribution in [2.24, 2.45) is 0 Å². The smallest absolute Gasteiger partial charge is 0.234 e. The number of pyridine rings is 1. The first-order valence-corrected chi connectivity index (χ1v) is 5.52. The number of hydrogen-bond acceptors (Lipinski definition) is 4. The summed E-state index contributed by atoms with van der Waals surface area (Å²) >= 11 is 6.07. The zero-order valence-corrected chi connectivity index (χ0v) is 9.83. The Balaban J connectivity index is 2.30. The Kier molecular flexibility index (Phi) is 2.43. The molecule has 0 spiro atoms. The molecule has 5 nitrogen and oxygen atoms in total. The molecule has 0 bridgehead atoms. The van der Waals surface area contributed by atoms with Crippen molar-refractivity contribution in [1.29, 1.82) is 5.26 Å². The second-order valence-corrected chi connectivity index (χ2v) is 3.98. The molecule has 0 amide bonds. The molecule has 0 N–H and O–H groups in total. The highest BCUT2D eigenvalue weighted by Gasteiger charge is 2.10. The van der Waals surface area contributed by atoms with Crippen LogP contribution in [0.2, 0.25) is 5.02 Å². The van der Waals surface area contributed by atoms with Gasteiger partial charge in [-0.05, 0) is 18.2 Å². The van der Waals surface area contributed by atoms with Crippen LogP contribution < -0.4 is 0 Å². The number of rotatable bonds is 1. The molecule has 0 unspecified atom stereocenters. The quantitative estimate of drug-likeness (QED) is 0.669. The van der Waals surface area contributed by atoms with Crippen LogP contribution in [0.5, 0.6) is 0 Å². The average Bonchev–Trinajstić information content (AvgIpc) is 2.83. The zero-order valence-electron chi connectivity index (χ0n) is 9.08. The van der Waals surface area contributed by atoms with Crippen LogP contribution in [0, 0.1) is 11.3 Å². The number of nitriles is 1. The van der Waals surface area contributed by atoms with Crippen LogP contribution in [0.3, 0.4) is 0 Å². The second-order valence-electron chi connectivity index (χ2n) is 3.57. The normalized spacial score (nSPS) is 10.4. The minimum atomic E-state index is 0.0835. The summed E-state index contributed by atoms with van der Waals surface area (Å²) < 4.78 is 1.78. The van der Waals surface area contributed by atoms with Gasteiger partial charge >= 0.3 is 0 Å². The largest absolute Gasteiger partial charge is 0.298 e. The number of hydrogen-bond donors (Lipinski definition) is 0. The van der Waals surface area contributed by atoms with E-state index in [9.17, 15) is 0 Å². The monoisotopic (exact) mass is 255 g/mol. The molecule has 0 fully saturated rings. The summed E-state index contributed by atoms with van der Waals surface area (Å²) in [6, 6.07) is 7.50. The molecule has 0 aromatic carbocycles. The maximum atomic E-state index is 8.82. The molecule has 0 saturated heterocycles. The molecule has 0 aliphatic heterocycles. The molecule has 0 radical (unpaired) electrons. The molecule has 3 rings (SSSR count). The standard InChI is InChI=1S/C12H6ClN5/c13-8-7-16-11(6-14)17-12(8)18-5-3-9-10(18)2-1-4-15-9/h1-5,7H. The van der Waals surface area contributed by atoms with E-state index in [0.29, 0.717) is 10.8 Å². The Labute approximate surface area is 107 Å². The van der Waals surface area contributed by atoms with Crippen LogP contribution in [0.25, 0.3) is 16.9 Å². The lowest BCUT2D eigenvalue weighted by atomic mass is 10.4. The molecule has 6 heteroatoms. The van der Waals surface area contributed by atoms with E-state index in [-0.39, 0.29) is 5.82 Å². The van der Waals surface area contributed by atoms with Gasteiger partial charge in [0, 0.05) is 12.4 Å². The fraction of sp³-hybridized carbons (Fsp3) is 0. The van der Waals surface area contributed by atoms with E-state index in [1.807, 2.05) is 30.5 Å². The minimum absolute atomic E-state index is 0.0835. The first-order valence-electron chi connectivity index (χ1n) is 5.14. The van der Waals surface area contributed by atoms with E-state index in [1.54, 1.807) is 10.8 Å². The summed E-state index contributed by atoms with van der Waals surface area (Å²) in [7, 11) is 0. The third kappa shape index (κ3) is 1.60. The van der Waals surface area contributed by atoms with Gasteiger partial charge in [0.1, 0.15) is 11.1 Å². The lowest BCUT2D eigenvalue weighted by molar-refractivity contribution is 0.991. The van der Waals surface area contributed by atoms with Gasteiger partial charge in [0.25, 0.3) is 0 Å². The van der Waals surface area contributed by atoms with Crippen molar-refractivity contribution in [2.75, 3.05) is 0 Å². The topological polar surface area (TPSA) is 67.4 Å². The van der Waals surface area contributed by atoms with Gasteiger partial charge in [-0.2, -0.15) is 10.2 Å². The van der Waals surface area contributed by atoms with Gasteiger partial charge in [0.05, 0.1) is 17.2 Å². The fourth-order valence-electron chi connectivity index (χ4n) is 1.73. The Bertz CT molecular complexity index is 771. The van der Waals surface area contributed by atoms with E-state index in [2.05, 4.69) is 15.0 Å². The van der Waals surface area contributed by atoms with Gasteiger partial charge in [0.2, 0.25) is 5.82 Å². The van der Waals surface area contributed by atoms with Crippen molar-refractivity contribution in [2.45, 2.75) is 0 Å². The maximum Gasteiger partial charge on any atom is 0.234 e. The van der Waals surface area contributed by atoms with E-state index in [4.69, 9.17) is 16.9 Å². The Morgan fingerprint density at radius 1 is 1.28 bits per heavy atom. The molecular formula is C12H6ClN5. The highest BCUT2D eigenvalue weighted by molar-refractivity contribution is 6.32. The zero-order chi connectivity index (χ0) is 12.5. The molecule has 3 aromatic rings. The van der Waals surface area contributed by atoms with Crippen molar-refractivity contribution in [3.63, 3.8) is 0 Å². The van der Waals surface area contributed by atoms with Crippen LogP contribution in [0.1, 0.15) is 5.82 Å². The van der Waals surface area contributed by atoms with Crippen molar-refractivity contribution in [3.05, 3.63) is 47.6 Å². The highest BCUT2D eigenvalue weighted by Crippen LogP contribution is 2.22. The van der Waals surface area contributed by atoms with Crippen LogP contribution in [0.15, 0.2) is 36.8 Å². The van der Waals surface area contributed by atoms with Crippen molar-refractivity contribution in [3.8, 4) is 11.9 Å². The molecule has 0 aliphatic carbocycles. The van der Waals surface area contributed by atoms with E-state index < -0.39 is 0 Å². The van der Waals surface area contributed by atoms with Gasteiger partial charge in [-0.15, -0.1) is 0 Å². The predicted octanol–water partition coefficient (Wildman–Crippen LogP) is 2.34. The van der Waals surface area contributed by atoms with E-state index in [1.165, 1.54) is 6.20 Å². The SMILES string of the molecule is N#Cc1ncc(Cl)c(-n2ccc3ncccc32)n1. The van der Waals surface area contributed by atoms with Crippen LogP contribution >= 0.6 is 11.6 Å². The average molecular weight is 256 g/mol. The maximum absolute atomic E-state index is 8.82. The predicted molar refractivity (Wildman–Crippen MR) is 66.4 cm³/mol. The van der Waals surface area contributed by atoms with E-state index in [0.717, 1.165) is 11.0 Å². The molecule has 0 atom stereocenters. The van der Waals surface area contributed by atoms with Gasteiger partial charge in [-0.1, -0.05) is 11.6 Å². The third-order valence-corrected chi connectivity index (χ3v) is 2.78. The first-order chi connectivity index (χ1) is 8.79. The molecular weight excluding hydrogens is 250 g/mol. The van der Waals surface area contributed by atoms with Crippen molar-refractivity contribution < 1.29 is 0 Å². The Hall–Kier alpha value is -2.45. The van der Waals surface area contributed by atoms with Crippen LogP contribution in [-0.2, 0) is 0 Å². The van der Waals surface area contributed by atoms with Crippen molar-refractivity contribution in [1.82, 2.24) is 19.5 Å². The minimum Gasteiger partial charge on any atom is -0.298 e. The highest BCUT2D eigenvalue weighted by atomic mass is 35.5. The van der Waals surface area contributed by atoms with E-state index >= 15 is 0 Å². The summed E-state index contributed by atoms with van der Waals surface area (Å²) in [5.41, 5.74) is 1.72. The number of halogens is 1. The summed E-state index contributed by atoms with van der Waals surface area (Å²) in [6.45, 7) is 0. The number of fused-ring (bicyclic) bond motifs is 1. The molecule has 0 saturated carbocycles. The lowest BCUT2D eigenvalue weighted by Crippen LogP contribution is -2.00. The second kappa shape index (κ2) is 4.09. The lowest BCUT2D eigenvalue weighted by Gasteiger charge is -2.05. The summed E-state index contributed by atoms with van der Waals surface area (Å²) in [5.74, 6) is 0.561. The van der Waals surface area contributed by atoms with Gasteiger partial charge in [0.15, 0.2) is 5.82 Å². The summed E-state index contributed by atoms with van der Waals surface area (Å²) in [5, 5.41) is 9.21. The Morgan fingerprint density at radius 3 is 3.00 bits per heavy atom. The molecule has 3 heterocycles. The first kappa shape index (κ1) is 10.7. The third-order valence-electron chi connectivity index (χ3n) is 2.51. The summed E-state index contributed by atoms with van der Waals surface area (Å²) in [6.07, 6.45) is 4.95. The van der Waals surface area contributed by atoms with Gasteiger partial charge in [-0.3, -0.25) is 9.55 Å². The summed E-state index contributed by atoms with van der Waals surface area (Å²) in [4.78, 5) is 12.2. The Morgan fingerprint density at radius 2 is 2.17 bits per heavy atom. The number of aromatic nitrogens is 4.